The first-order valence-electron chi connectivity index (χ1n) is 5.73. The van der Waals surface area contributed by atoms with Gasteiger partial charge in [-0.25, -0.2) is 0 Å². The molecule has 1 heteroatoms. The van der Waals surface area contributed by atoms with E-state index >= 15 is 0 Å². The minimum Gasteiger partial charge on any atom is -0.303 e. The molecule has 0 amide bonds. The number of hydrogen-bond donors (Lipinski definition) is 0. The Balaban J connectivity index is 2.50. The molecule has 3 unspecified atom stereocenters. The van der Waals surface area contributed by atoms with Crippen LogP contribution in [0.1, 0.15) is 52.4 Å². The second-order valence-electron chi connectivity index (χ2n) is 4.50. The molecule has 1 fully saturated rings. The molecule has 0 heterocycles. The number of carbonyl (C=O) groups is 1. The minimum atomic E-state index is 0.696. The third-order valence-electron chi connectivity index (χ3n) is 3.74. The van der Waals surface area contributed by atoms with E-state index in [-0.39, 0.29) is 0 Å². The maximum atomic E-state index is 10.5. The Hall–Kier alpha value is -0.330. The summed E-state index contributed by atoms with van der Waals surface area (Å²) >= 11 is 0. The highest BCUT2D eigenvalue weighted by Gasteiger charge is 2.27. The van der Waals surface area contributed by atoms with Gasteiger partial charge in [-0.05, 0) is 30.6 Å². The van der Waals surface area contributed by atoms with Gasteiger partial charge in [0.1, 0.15) is 6.29 Å². The van der Waals surface area contributed by atoms with E-state index in [1.54, 1.807) is 0 Å². The van der Waals surface area contributed by atoms with E-state index in [1.165, 1.54) is 32.1 Å². The predicted molar refractivity (Wildman–Crippen MR) is 55.6 cm³/mol. The Morgan fingerprint density at radius 2 is 2.08 bits per heavy atom. The van der Waals surface area contributed by atoms with Gasteiger partial charge in [-0.15, -0.1) is 0 Å². The molecular formula is C12H22O. The standard InChI is InChI=1S/C12H22O/c1-3-10(2)12-7-5-4-6-11(12)8-9-13/h9-12H,3-8H2,1-2H3. The zero-order valence-electron chi connectivity index (χ0n) is 8.96. The monoisotopic (exact) mass is 182 g/mol. The van der Waals surface area contributed by atoms with Crippen molar-refractivity contribution in [3.63, 3.8) is 0 Å². The molecule has 0 bridgehead atoms. The third kappa shape index (κ3) is 2.82. The van der Waals surface area contributed by atoms with Gasteiger partial charge in [0.25, 0.3) is 0 Å². The van der Waals surface area contributed by atoms with Crippen molar-refractivity contribution >= 4 is 6.29 Å². The molecule has 0 N–H and O–H groups in total. The summed E-state index contributed by atoms with van der Waals surface area (Å²) < 4.78 is 0. The zero-order valence-corrected chi connectivity index (χ0v) is 8.96. The Labute approximate surface area is 81.9 Å². The summed E-state index contributed by atoms with van der Waals surface area (Å²) in [6, 6.07) is 0. The SMILES string of the molecule is CCC(C)C1CCCCC1CC=O. The van der Waals surface area contributed by atoms with E-state index < -0.39 is 0 Å². The smallest absolute Gasteiger partial charge is 0.120 e. The van der Waals surface area contributed by atoms with Gasteiger partial charge in [0.15, 0.2) is 0 Å². The van der Waals surface area contributed by atoms with Crippen LogP contribution in [0.15, 0.2) is 0 Å². The molecule has 13 heavy (non-hydrogen) atoms. The average molecular weight is 182 g/mol. The Morgan fingerprint density at radius 3 is 2.69 bits per heavy atom. The number of hydrogen-bond acceptors (Lipinski definition) is 1. The highest BCUT2D eigenvalue weighted by Crippen LogP contribution is 2.37. The number of rotatable bonds is 4. The Kier molecular flexibility index (Phi) is 4.47. The molecule has 1 aliphatic rings. The van der Waals surface area contributed by atoms with Crippen molar-refractivity contribution in [2.24, 2.45) is 17.8 Å². The molecule has 0 spiro atoms. The largest absolute Gasteiger partial charge is 0.303 e. The fraction of sp³-hybridized carbons (Fsp3) is 0.917. The van der Waals surface area contributed by atoms with Gasteiger partial charge in [-0.3, -0.25) is 0 Å². The van der Waals surface area contributed by atoms with Gasteiger partial charge in [0.2, 0.25) is 0 Å². The predicted octanol–water partition coefficient (Wildman–Crippen LogP) is 3.43. The van der Waals surface area contributed by atoms with E-state index in [4.69, 9.17) is 0 Å². The average Bonchev–Trinajstić information content (AvgIpc) is 2.18. The molecule has 0 radical (unpaired) electrons. The van der Waals surface area contributed by atoms with Crippen LogP contribution in [-0.4, -0.2) is 6.29 Å². The first-order valence-corrected chi connectivity index (χ1v) is 5.73. The molecule has 76 valence electrons. The fourth-order valence-electron chi connectivity index (χ4n) is 2.70. The van der Waals surface area contributed by atoms with Crippen LogP contribution in [0.4, 0.5) is 0 Å². The van der Waals surface area contributed by atoms with Crippen LogP contribution >= 0.6 is 0 Å². The molecule has 0 aromatic heterocycles. The lowest BCUT2D eigenvalue weighted by Crippen LogP contribution is -2.25. The van der Waals surface area contributed by atoms with Crippen molar-refractivity contribution in [1.29, 1.82) is 0 Å². The van der Waals surface area contributed by atoms with Gasteiger partial charge in [0, 0.05) is 6.42 Å². The molecule has 3 atom stereocenters. The molecule has 0 aliphatic heterocycles. The molecular weight excluding hydrogens is 160 g/mol. The van der Waals surface area contributed by atoms with E-state index in [0.29, 0.717) is 5.92 Å². The van der Waals surface area contributed by atoms with Crippen molar-refractivity contribution in [2.45, 2.75) is 52.4 Å². The van der Waals surface area contributed by atoms with Gasteiger partial charge in [-0.1, -0.05) is 33.1 Å². The first kappa shape index (κ1) is 10.7. The normalized spacial score (nSPS) is 31.2. The van der Waals surface area contributed by atoms with Gasteiger partial charge in [0.05, 0.1) is 0 Å². The second kappa shape index (κ2) is 5.41. The number of aldehydes is 1. The summed E-state index contributed by atoms with van der Waals surface area (Å²) in [6.07, 6.45) is 8.54. The number of carbonyl (C=O) groups excluding carboxylic acids is 1. The summed E-state index contributed by atoms with van der Waals surface area (Å²) in [5, 5.41) is 0. The van der Waals surface area contributed by atoms with E-state index in [0.717, 1.165) is 24.5 Å². The van der Waals surface area contributed by atoms with Gasteiger partial charge >= 0.3 is 0 Å². The summed E-state index contributed by atoms with van der Waals surface area (Å²) in [7, 11) is 0. The van der Waals surface area contributed by atoms with Crippen molar-refractivity contribution in [1.82, 2.24) is 0 Å². The van der Waals surface area contributed by atoms with Crippen molar-refractivity contribution < 1.29 is 4.79 Å². The molecule has 1 nitrogen and oxygen atoms in total. The maximum Gasteiger partial charge on any atom is 0.120 e. The minimum absolute atomic E-state index is 0.696. The van der Waals surface area contributed by atoms with Crippen LogP contribution in [0, 0.1) is 17.8 Å². The van der Waals surface area contributed by atoms with Crippen LogP contribution < -0.4 is 0 Å². The van der Waals surface area contributed by atoms with E-state index in [9.17, 15) is 4.79 Å². The summed E-state index contributed by atoms with van der Waals surface area (Å²) in [5.74, 6) is 2.33. The Bertz CT molecular complexity index is 153. The quantitative estimate of drug-likeness (QED) is 0.609. The first-order chi connectivity index (χ1) is 6.29. The topological polar surface area (TPSA) is 17.1 Å². The van der Waals surface area contributed by atoms with Gasteiger partial charge < -0.3 is 4.79 Å². The highest BCUT2D eigenvalue weighted by atomic mass is 16.1. The molecule has 0 aromatic carbocycles. The third-order valence-corrected chi connectivity index (χ3v) is 3.74. The summed E-state index contributed by atoms with van der Waals surface area (Å²) in [4.78, 5) is 10.5. The van der Waals surface area contributed by atoms with Crippen LogP contribution in [0.3, 0.4) is 0 Å². The molecule has 0 saturated heterocycles. The summed E-state index contributed by atoms with van der Waals surface area (Å²) in [6.45, 7) is 4.60. The molecule has 1 rings (SSSR count). The highest BCUT2D eigenvalue weighted by molar-refractivity contribution is 5.49. The van der Waals surface area contributed by atoms with Crippen LogP contribution in [0.5, 0.6) is 0 Å². The maximum absolute atomic E-state index is 10.5. The second-order valence-corrected chi connectivity index (χ2v) is 4.50. The Morgan fingerprint density at radius 1 is 1.38 bits per heavy atom. The lowest BCUT2D eigenvalue weighted by Gasteiger charge is -2.34. The molecule has 1 aliphatic carbocycles. The summed E-state index contributed by atoms with van der Waals surface area (Å²) in [5.41, 5.74) is 0. The van der Waals surface area contributed by atoms with Crippen LogP contribution in [0.25, 0.3) is 0 Å². The van der Waals surface area contributed by atoms with Crippen LogP contribution in [0.2, 0.25) is 0 Å². The van der Waals surface area contributed by atoms with Crippen molar-refractivity contribution in [3.8, 4) is 0 Å². The zero-order chi connectivity index (χ0) is 9.68. The lowest BCUT2D eigenvalue weighted by molar-refractivity contribution is -0.109. The van der Waals surface area contributed by atoms with Gasteiger partial charge in [-0.2, -0.15) is 0 Å². The van der Waals surface area contributed by atoms with E-state index in [2.05, 4.69) is 13.8 Å². The van der Waals surface area contributed by atoms with Crippen molar-refractivity contribution in [2.75, 3.05) is 0 Å². The molecule has 1 saturated carbocycles. The lowest BCUT2D eigenvalue weighted by atomic mass is 9.71. The van der Waals surface area contributed by atoms with E-state index in [1.807, 2.05) is 0 Å². The van der Waals surface area contributed by atoms with Crippen LogP contribution in [-0.2, 0) is 4.79 Å². The molecule has 0 aromatic rings. The fourth-order valence-corrected chi connectivity index (χ4v) is 2.70. The van der Waals surface area contributed by atoms with Crippen molar-refractivity contribution in [3.05, 3.63) is 0 Å².